The van der Waals surface area contributed by atoms with Gasteiger partial charge >= 0.3 is 0 Å². The molecule has 1 aliphatic carbocycles. The van der Waals surface area contributed by atoms with Crippen molar-refractivity contribution in [3.63, 3.8) is 0 Å². The summed E-state index contributed by atoms with van der Waals surface area (Å²) in [5.74, 6) is 0.635. The molecule has 1 aliphatic rings. The fourth-order valence-corrected chi connectivity index (χ4v) is 2.28. The predicted octanol–water partition coefficient (Wildman–Crippen LogP) is 2.03. The molecule has 2 nitrogen and oxygen atoms in total. The van der Waals surface area contributed by atoms with Crippen molar-refractivity contribution in [2.45, 2.75) is 18.9 Å². The third-order valence-corrected chi connectivity index (χ3v) is 3.27. The van der Waals surface area contributed by atoms with Gasteiger partial charge in [-0.05, 0) is 30.2 Å². The van der Waals surface area contributed by atoms with Crippen LogP contribution in [0.4, 0.5) is 0 Å². The molecule has 3 heteroatoms. The summed E-state index contributed by atoms with van der Waals surface area (Å²) in [6.07, 6.45) is 2.45. The van der Waals surface area contributed by atoms with Gasteiger partial charge in [0.1, 0.15) is 6.07 Å². The fourth-order valence-electron chi connectivity index (χ4n) is 1.34. The van der Waals surface area contributed by atoms with E-state index in [1.165, 1.54) is 12.8 Å². The Labute approximate surface area is 75.6 Å². The molecule has 1 fully saturated rings. The molecule has 0 radical (unpaired) electrons. The minimum Gasteiger partial charge on any atom is -0.323 e. The maximum atomic E-state index is 8.76. The molecular weight excluding hydrogens is 168 g/mol. The summed E-state index contributed by atoms with van der Waals surface area (Å²) in [6, 6.07) is 4.13. The van der Waals surface area contributed by atoms with E-state index >= 15 is 0 Å². The maximum Gasteiger partial charge on any atom is 0.100 e. The van der Waals surface area contributed by atoms with Crippen LogP contribution >= 0.6 is 11.3 Å². The zero-order valence-electron chi connectivity index (χ0n) is 6.66. The number of nitriles is 1. The van der Waals surface area contributed by atoms with Crippen molar-refractivity contribution in [1.82, 2.24) is 0 Å². The molecule has 1 aromatic heterocycles. The molecular formula is C9H10N2S. The minimum absolute atomic E-state index is 0.111. The quantitative estimate of drug-likeness (QED) is 0.753. The van der Waals surface area contributed by atoms with Crippen LogP contribution < -0.4 is 5.73 Å². The van der Waals surface area contributed by atoms with Crippen molar-refractivity contribution in [2.24, 2.45) is 11.7 Å². The summed E-state index contributed by atoms with van der Waals surface area (Å²) in [6.45, 7) is 0. The van der Waals surface area contributed by atoms with E-state index in [0.29, 0.717) is 5.92 Å². The van der Waals surface area contributed by atoms with Gasteiger partial charge in [0.2, 0.25) is 0 Å². The van der Waals surface area contributed by atoms with Crippen LogP contribution in [0.2, 0.25) is 0 Å². The Morgan fingerprint density at radius 1 is 1.67 bits per heavy atom. The molecule has 0 spiro atoms. The first-order valence-corrected chi connectivity index (χ1v) is 4.94. The van der Waals surface area contributed by atoms with E-state index in [4.69, 9.17) is 11.0 Å². The van der Waals surface area contributed by atoms with Crippen LogP contribution in [0.15, 0.2) is 11.4 Å². The van der Waals surface area contributed by atoms with Crippen LogP contribution in [-0.4, -0.2) is 0 Å². The normalized spacial score (nSPS) is 18.7. The highest BCUT2D eigenvalue weighted by molar-refractivity contribution is 7.10. The maximum absolute atomic E-state index is 8.76. The molecule has 1 heterocycles. The van der Waals surface area contributed by atoms with Crippen molar-refractivity contribution in [2.75, 3.05) is 0 Å². The molecule has 2 N–H and O–H groups in total. The molecule has 2 rings (SSSR count). The van der Waals surface area contributed by atoms with Crippen molar-refractivity contribution >= 4 is 11.3 Å². The van der Waals surface area contributed by atoms with Gasteiger partial charge in [0.25, 0.3) is 0 Å². The van der Waals surface area contributed by atoms with Gasteiger partial charge in [0.15, 0.2) is 0 Å². The Balaban J connectivity index is 2.26. The van der Waals surface area contributed by atoms with Crippen LogP contribution in [0.1, 0.15) is 29.3 Å². The average molecular weight is 178 g/mol. The second-order valence-electron chi connectivity index (χ2n) is 3.17. The van der Waals surface area contributed by atoms with Gasteiger partial charge in [-0.1, -0.05) is 0 Å². The predicted molar refractivity (Wildman–Crippen MR) is 48.7 cm³/mol. The van der Waals surface area contributed by atoms with Crippen LogP contribution in [0.25, 0.3) is 0 Å². The van der Waals surface area contributed by atoms with Gasteiger partial charge in [-0.2, -0.15) is 5.26 Å². The Morgan fingerprint density at radius 2 is 2.42 bits per heavy atom. The van der Waals surface area contributed by atoms with Gasteiger partial charge in [0.05, 0.1) is 5.56 Å². The van der Waals surface area contributed by atoms with Crippen LogP contribution in [0.5, 0.6) is 0 Å². The second-order valence-corrected chi connectivity index (χ2v) is 4.12. The lowest BCUT2D eigenvalue weighted by molar-refractivity contribution is 0.643. The first-order chi connectivity index (χ1) is 5.83. The zero-order chi connectivity index (χ0) is 8.55. The van der Waals surface area contributed by atoms with Crippen molar-refractivity contribution < 1.29 is 0 Å². The van der Waals surface area contributed by atoms with E-state index in [-0.39, 0.29) is 6.04 Å². The van der Waals surface area contributed by atoms with E-state index < -0.39 is 0 Å². The van der Waals surface area contributed by atoms with Gasteiger partial charge in [-0.15, -0.1) is 11.3 Å². The first kappa shape index (κ1) is 7.78. The topological polar surface area (TPSA) is 49.8 Å². The molecule has 0 bridgehead atoms. The lowest BCUT2D eigenvalue weighted by Crippen LogP contribution is -2.11. The van der Waals surface area contributed by atoms with E-state index in [9.17, 15) is 0 Å². The number of hydrogen-bond acceptors (Lipinski definition) is 3. The minimum atomic E-state index is 0.111. The molecule has 0 saturated heterocycles. The summed E-state index contributed by atoms with van der Waals surface area (Å²) in [7, 11) is 0. The average Bonchev–Trinajstić information content (AvgIpc) is 2.82. The second kappa shape index (κ2) is 2.89. The number of rotatable bonds is 2. The van der Waals surface area contributed by atoms with E-state index in [1.54, 1.807) is 11.3 Å². The molecule has 0 aliphatic heterocycles. The monoisotopic (exact) mass is 178 g/mol. The van der Waals surface area contributed by atoms with Gasteiger partial charge < -0.3 is 5.73 Å². The Hall–Kier alpha value is -0.850. The lowest BCUT2D eigenvalue weighted by Gasteiger charge is -2.07. The Kier molecular flexibility index (Phi) is 1.87. The van der Waals surface area contributed by atoms with Crippen molar-refractivity contribution in [3.05, 3.63) is 21.9 Å². The summed E-state index contributed by atoms with van der Waals surface area (Å²) in [4.78, 5) is 1.07. The van der Waals surface area contributed by atoms with Crippen LogP contribution in [0.3, 0.4) is 0 Å². The molecule has 1 saturated carbocycles. The molecule has 0 aromatic carbocycles. The van der Waals surface area contributed by atoms with Gasteiger partial charge in [-0.3, -0.25) is 0 Å². The van der Waals surface area contributed by atoms with Gasteiger partial charge in [0, 0.05) is 10.9 Å². The fraction of sp³-hybridized carbons (Fsp3) is 0.444. The third-order valence-electron chi connectivity index (χ3n) is 2.25. The summed E-state index contributed by atoms with van der Waals surface area (Å²) in [5.41, 5.74) is 6.74. The van der Waals surface area contributed by atoms with Crippen molar-refractivity contribution in [1.29, 1.82) is 5.26 Å². The smallest absolute Gasteiger partial charge is 0.100 e. The molecule has 0 amide bonds. The Morgan fingerprint density at radius 3 is 3.00 bits per heavy atom. The van der Waals surface area contributed by atoms with Crippen LogP contribution in [0, 0.1) is 17.2 Å². The van der Waals surface area contributed by atoms with E-state index in [1.807, 2.05) is 11.4 Å². The summed E-state index contributed by atoms with van der Waals surface area (Å²) in [5, 5.41) is 10.7. The SMILES string of the molecule is N#Cc1ccsc1C(N)C1CC1. The zero-order valence-corrected chi connectivity index (χ0v) is 7.47. The number of hydrogen-bond donors (Lipinski definition) is 1. The van der Waals surface area contributed by atoms with Crippen molar-refractivity contribution in [3.8, 4) is 6.07 Å². The molecule has 12 heavy (non-hydrogen) atoms. The highest BCUT2D eigenvalue weighted by atomic mass is 32.1. The van der Waals surface area contributed by atoms with Gasteiger partial charge in [-0.25, -0.2) is 0 Å². The van der Waals surface area contributed by atoms with E-state index in [0.717, 1.165) is 10.4 Å². The highest BCUT2D eigenvalue weighted by Crippen LogP contribution is 2.41. The molecule has 1 atom stereocenters. The largest absolute Gasteiger partial charge is 0.323 e. The first-order valence-electron chi connectivity index (χ1n) is 4.06. The summed E-state index contributed by atoms with van der Waals surface area (Å²) >= 11 is 1.60. The Bertz CT molecular complexity index is 320. The lowest BCUT2D eigenvalue weighted by atomic mass is 10.1. The van der Waals surface area contributed by atoms with E-state index in [2.05, 4.69) is 6.07 Å². The summed E-state index contributed by atoms with van der Waals surface area (Å²) < 4.78 is 0. The molecule has 1 aromatic rings. The number of nitrogens with two attached hydrogens (primary N) is 1. The number of nitrogens with zero attached hydrogens (tertiary/aromatic N) is 1. The third kappa shape index (κ3) is 1.24. The highest BCUT2D eigenvalue weighted by Gasteiger charge is 2.31. The number of thiophene rings is 1. The van der Waals surface area contributed by atoms with Crippen LogP contribution in [-0.2, 0) is 0 Å². The standard InChI is InChI=1S/C9H10N2S/c10-5-7-3-4-12-9(7)8(11)6-1-2-6/h3-4,6,8H,1-2,11H2. The molecule has 62 valence electrons. The molecule has 1 unspecified atom stereocenters.